The average molecular weight is 431 g/mol. The number of benzene rings is 2. The van der Waals surface area contributed by atoms with E-state index in [1.807, 2.05) is 50.2 Å². The summed E-state index contributed by atoms with van der Waals surface area (Å²) in [5.74, 6) is 2.75. The van der Waals surface area contributed by atoms with E-state index in [2.05, 4.69) is 11.0 Å². The normalized spacial score (nSPS) is 16.1. The summed E-state index contributed by atoms with van der Waals surface area (Å²) in [5, 5.41) is 11.0. The van der Waals surface area contributed by atoms with Gasteiger partial charge in [0.1, 0.15) is 12.4 Å². The molecule has 0 aromatic heterocycles. The molecule has 1 aliphatic rings. The van der Waals surface area contributed by atoms with Crippen molar-refractivity contribution >= 4 is 0 Å². The zero-order chi connectivity index (χ0) is 22.6. The van der Waals surface area contributed by atoms with Gasteiger partial charge < -0.3 is 29.0 Å². The van der Waals surface area contributed by atoms with Crippen molar-refractivity contribution in [2.45, 2.75) is 25.6 Å². The first-order valence-electron chi connectivity index (χ1n) is 10.4. The molecule has 170 valence electrons. The number of ether oxygens (including phenoxy) is 4. The van der Waals surface area contributed by atoms with Crippen LogP contribution in [0.5, 0.6) is 23.0 Å². The Kier molecular flexibility index (Phi) is 7.30. The molecule has 2 aromatic carbocycles. The Morgan fingerprint density at radius 3 is 2.32 bits per heavy atom. The van der Waals surface area contributed by atoms with Gasteiger partial charge in [-0.2, -0.15) is 0 Å². The number of hydrogen-bond acceptors (Lipinski definition) is 7. The molecule has 2 aromatic rings. The summed E-state index contributed by atoms with van der Waals surface area (Å²) in [6.45, 7) is 5.21. The molecular weight excluding hydrogens is 396 g/mol. The van der Waals surface area contributed by atoms with Crippen molar-refractivity contribution in [2.75, 3.05) is 55.1 Å². The summed E-state index contributed by atoms with van der Waals surface area (Å²) in [4.78, 5) is 4.30. The molecule has 0 aliphatic carbocycles. The molecule has 0 amide bonds. The lowest BCUT2D eigenvalue weighted by atomic mass is 9.93. The second-order valence-electron chi connectivity index (χ2n) is 8.43. The predicted molar refractivity (Wildman–Crippen MR) is 120 cm³/mol. The Morgan fingerprint density at radius 1 is 1.06 bits per heavy atom. The van der Waals surface area contributed by atoms with Crippen LogP contribution in [0.4, 0.5) is 0 Å². The zero-order valence-electron chi connectivity index (χ0n) is 19.4. The van der Waals surface area contributed by atoms with E-state index in [4.69, 9.17) is 18.9 Å². The van der Waals surface area contributed by atoms with E-state index in [-0.39, 0.29) is 0 Å². The standard InChI is InChI=1S/C24H34N2O5/c1-24(27,16-25(2)3)19-7-8-20-18(13-19)15-26(9-10-31-20)14-17-11-21(28-4)23(30-6)22(12-17)29-5/h7-8,11-13,27H,9-10,14-16H2,1-6H3. The Bertz CT molecular complexity index is 873. The molecule has 1 heterocycles. The van der Waals surface area contributed by atoms with Crippen LogP contribution < -0.4 is 18.9 Å². The molecular formula is C24H34N2O5. The summed E-state index contributed by atoms with van der Waals surface area (Å²) in [6.07, 6.45) is 0. The Morgan fingerprint density at radius 2 is 1.74 bits per heavy atom. The highest BCUT2D eigenvalue weighted by Crippen LogP contribution is 2.39. The summed E-state index contributed by atoms with van der Waals surface area (Å²) in [5.41, 5.74) is 2.08. The number of aliphatic hydroxyl groups is 1. The topological polar surface area (TPSA) is 63.6 Å². The van der Waals surface area contributed by atoms with Gasteiger partial charge in [-0.3, -0.25) is 4.90 Å². The molecule has 0 spiro atoms. The van der Waals surface area contributed by atoms with Crippen molar-refractivity contribution in [3.05, 3.63) is 47.0 Å². The van der Waals surface area contributed by atoms with Crippen LogP contribution in [0.3, 0.4) is 0 Å². The summed E-state index contributed by atoms with van der Waals surface area (Å²) < 4.78 is 22.4. The average Bonchev–Trinajstić information content (AvgIpc) is 2.93. The zero-order valence-corrected chi connectivity index (χ0v) is 19.4. The maximum Gasteiger partial charge on any atom is 0.203 e. The molecule has 1 unspecified atom stereocenters. The van der Waals surface area contributed by atoms with E-state index in [0.29, 0.717) is 36.9 Å². The van der Waals surface area contributed by atoms with E-state index >= 15 is 0 Å². The van der Waals surface area contributed by atoms with E-state index in [1.165, 1.54) is 0 Å². The smallest absolute Gasteiger partial charge is 0.203 e. The van der Waals surface area contributed by atoms with Gasteiger partial charge in [0.25, 0.3) is 0 Å². The van der Waals surface area contributed by atoms with Gasteiger partial charge in [0.15, 0.2) is 11.5 Å². The van der Waals surface area contributed by atoms with Crippen LogP contribution in [0, 0.1) is 0 Å². The van der Waals surface area contributed by atoms with Crippen LogP contribution in [-0.4, -0.2) is 70.0 Å². The van der Waals surface area contributed by atoms with Crippen LogP contribution in [0.15, 0.2) is 30.3 Å². The van der Waals surface area contributed by atoms with E-state index in [1.54, 1.807) is 21.3 Å². The van der Waals surface area contributed by atoms with Gasteiger partial charge in [-0.25, -0.2) is 0 Å². The minimum Gasteiger partial charge on any atom is -0.493 e. The van der Waals surface area contributed by atoms with Crippen LogP contribution >= 0.6 is 0 Å². The molecule has 7 heteroatoms. The third-order valence-electron chi connectivity index (χ3n) is 5.50. The van der Waals surface area contributed by atoms with Gasteiger partial charge in [-0.15, -0.1) is 0 Å². The Balaban J connectivity index is 1.85. The number of methoxy groups -OCH3 is 3. The Hall–Kier alpha value is -2.48. The minimum absolute atomic E-state index is 0.543. The van der Waals surface area contributed by atoms with Crippen molar-refractivity contribution in [2.24, 2.45) is 0 Å². The van der Waals surface area contributed by atoms with Gasteiger partial charge in [-0.1, -0.05) is 6.07 Å². The van der Waals surface area contributed by atoms with Gasteiger partial charge in [0, 0.05) is 31.7 Å². The second kappa shape index (κ2) is 9.77. The van der Waals surface area contributed by atoms with Crippen LogP contribution in [-0.2, 0) is 18.7 Å². The molecule has 0 fully saturated rings. The predicted octanol–water partition coefficient (Wildman–Crippen LogP) is 2.88. The molecule has 31 heavy (non-hydrogen) atoms. The van der Waals surface area contributed by atoms with E-state index < -0.39 is 5.60 Å². The molecule has 3 rings (SSSR count). The highest BCUT2D eigenvalue weighted by Gasteiger charge is 2.26. The van der Waals surface area contributed by atoms with Crippen molar-refractivity contribution in [3.63, 3.8) is 0 Å². The molecule has 0 bridgehead atoms. The highest BCUT2D eigenvalue weighted by molar-refractivity contribution is 5.53. The van der Waals surface area contributed by atoms with Gasteiger partial charge >= 0.3 is 0 Å². The third-order valence-corrected chi connectivity index (χ3v) is 5.50. The van der Waals surface area contributed by atoms with Gasteiger partial charge in [0.2, 0.25) is 5.75 Å². The maximum atomic E-state index is 11.0. The van der Waals surface area contributed by atoms with Crippen molar-refractivity contribution in [3.8, 4) is 23.0 Å². The number of likely N-dealkylation sites (N-methyl/N-ethyl adjacent to an activating group) is 1. The highest BCUT2D eigenvalue weighted by atomic mass is 16.5. The Labute approximate surface area is 185 Å². The molecule has 0 radical (unpaired) electrons. The van der Waals surface area contributed by atoms with Crippen molar-refractivity contribution < 1.29 is 24.1 Å². The van der Waals surface area contributed by atoms with E-state index in [9.17, 15) is 5.11 Å². The maximum absolute atomic E-state index is 11.0. The lowest BCUT2D eigenvalue weighted by Gasteiger charge is -2.28. The fourth-order valence-electron chi connectivity index (χ4n) is 4.11. The summed E-state index contributed by atoms with van der Waals surface area (Å²) in [7, 11) is 8.77. The number of rotatable bonds is 8. The van der Waals surface area contributed by atoms with Crippen LogP contribution in [0.1, 0.15) is 23.6 Å². The monoisotopic (exact) mass is 430 g/mol. The van der Waals surface area contributed by atoms with Crippen molar-refractivity contribution in [1.82, 2.24) is 9.80 Å². The molecule has 1 atom stereocenters. The summed E-state index contributed by atoms with van der Waals surface area (Å²) in [6, 6.07) is 9.94. The molecule has 0 saturated carbocycles. The first-order chi connectivity index (χ1) is 14.8. The minimum atomic E-state index is -0.938. The SMILES string of the molecule is COc1cc(CN2CCOc3ccc(C(C)(O)CN(C)C)cc3C2)cc(OC)c1OC. The first kappa shape index (κ1) is 23.2. The molecule has 1 aliphatic heterocycles. The largest absolute Gasteiger partial charge is 0.493 e. The fraction of sp³-hybridized carbons (Fsp3) is 0.500. The van der Waals surface area contributed by atoms with Gasteiger partial charge in [0.05, 0.1) is 26.9 Å². The second-order valence-corrected chi connectivity index (χ2v) is 8.43. The quantitative estimate of drug-likeness (QED) is 0.691. The number of nitrogens with zero attached hydrogens (tertiary/aromatic N) is 2. The lowest BCUT2D eigenvalue weighted by Crippen LogP contribution is -2.34. The fourth-order valence-corrected chi connectivity index (χ4v) is 4.11. The third kappa shape index (κ3) is 5.42. The number of hydrogen-bond donors (Lipinski definition) is 1. The first-order valence-corrected chi connectivity index (χ1v) is 10.4. The van der Waals surface area contributed by atoms with Gasteiger partial charge in [-0.05, 0) is 56.4 Å². The molecule has 0 saturated heterocycles. The van der Waals surface area contributed by atoms with Crippen molar-refractivity contribution in [1.29, 1.82) is 0 Å². The van der Waals surface area contributed by atoms with Crippen LogP contribution in [0.2, 0.25) is 0 Å². The molecule has 7 nitrogen and oxygen atoms in total. The molecule has 1 N–H and O–H groups in total. The summed E-state index contributed by atoms with van der Waals surface area (Å²) >= 11 is 0. The lowest BCUT2D eigenvalue weighted by molar-refractivity contribution is 0.0299. The number of fused-ring (bicyclic) bond motifs is 1. The van der Waals surface area contributed by atoms with E-state index in [0.717, 1.165) is 35.5 Å². The van der Waals surface area contributed by atoms with Crippen LogP contribution in [0.25, 0.3) is 0 Å².